The summed E-state index contributed by atoms with van der Waals surface area (Å²) in [5, 5.41) is 4.80. The summed E-state index contributed by atoms with van der Waals surface area (Å²) in [7, 11) is 1.46. The van der Waals surface area contributed by atoms with Crippen LogP contribution < -0.4 is 21.6 Å². The number of nitrogens with two attached hydrogens (primary N) is 1. The number of H-pyrrole nitrogens is 1. The predicted molar refractivity (Wildman–Crippen MR) is 129 cm³/mol. The maximum atomic E-state index is 14.7. The van der Waals surface area contributed by atoms with Crippen LogP contribution in [0.3, 0.4) is 0 Å². The van der Waals surface area contributed by atoms with Crippen molar-refractivity contribution in [3.63, 3.8) is 0 Å². The van der Waals surface area contributed by atoms with Gasteiger partial charge < -0.3 is 15.0 Å². The first-order chi connectivity index (χ1) is 18.0. The van der Waals surface area contributed by atoms with Crippen LogP contribution in [0.15, 0.2) is 46.5 Å². The molecule has 0 saturated carbocycles. The fourth-order valence-electron chi connectivity index (χ4n) is 3.51. The maximum Gasteiger partial charge on any atom is 0.423 e. The Kier molecular flexibility index (Phi) is 8.76. The van der Waals surface area contributed by atoms with Gasteiger partial charge in [-0.2, -0.15) is 18.3 Å². The normalized spacial score (nSPS) is 11.2. The van der Waals surface area contributed by atoms with Gasteiger partial charge in [0.15, 0.2) is 23.2 Å². The van der Waals surface area contributed by atoms with Crippen LogP contribution in [-0.2, 0) is 12.7 Å². The van der Waals surface area contributed by atoms with Gasteiger partial charge in [-0.05, 0) is 23.9 Å². The zero-order valence-corrected chi connectivity index (χ0v) is 20.3. The minimum atomic E-state index is -4.74. The van der Waals surface area contributed by atoms with E-state index in [-0.39, 0.29) is 16.8 Å². The third-order valence-corrected chi connectivity index (χ3v) is 5.42. The van der Waals surface area contributed by atoms with E-state index >= 15 is 0 Å². The Labute approximate surface area is 212 Å². The molecular formula is C24H23F5N6O3. The number of hydrogen-bond acceptors (Lipinski definition) is 7. The monoisotopic (exact) mass is 538 g/mol. The number of aryl methyl sites for hydroxylation is 1. The Morgan fingerprint density at radius 2 is 1.76 bits per heavy atom. The smallest absolute Gasteiger partial charge is 0.423 e. The van der Waals surface area contributed by atoms with Crippen molar-refractivity contribution in [3.05, 3.63) is 74.8 Å². The molecule has 0 unspecified atom stereocenters. The number of fused-ring (bicyclic) bond motifs is 1. The number of nitrogens with zero attached hydrogens (tertiary/aromatic N) is 4. The van der Waals surface area contributed by atoms with Gasteiger partial charge in [-0.25, -0.2) is 23.8 Å². The lowest BCUT2D eigenvalue weighted by Gasteiger charge is -2.10. The number of aromatic amines is 1. The Morgan fingerprint density at radius 1 is 1.08 bits per heavy atom. The van der Waals surface area contributed by atoms with E-state index in [0.29, 0.717) is 17.7 Å². The van der Waals surface area contributed by atoms with Gasteiger partial charge in [-0.1, -0.05) is 19.8 Å². The van der Waals surface area contributed by atoms with E-state index in [4.69, 9.17) is 10.5 Å². The second-order valence-corrected chi connectivity index (χ2v) is 8.01. The number of nitrogen functional groups attached to an aromatic ring is 1. The zero-order valence-electron chi connectivity index (χ0n) is 20.3. The molecule has 202 valence electrons. The molecule has 3 aromatic heterocycles. The van der Waals surface area contributed by atoms with Crippen LogP contribution in [0, 0.1) is 11.6 Å². The van der Waals surface area contributed by atoms with Crippen molar-refractivity contribution in [2.45, 2.75) is 38.9 Å². The Balaban J connectivity index is 0.000000279. The number of anilines is 1. The summed E-state index contributed by atoms with van der Waals surface area (Å²) < 4.78 is 71.6. The number of ether oxygens (including phenoxy) is 1. The minimum absolute atomic E-state index is 0.0243. The average Bonchev–Trinajstić information content (AvgIpc) is 2.87. The largest absolute Gasteiger partial charge is 0.494 e. The Hall–Kier alpha value is -4.36. The number of unbranched alkanes of at least 4 members (excludes halogenated alkanes) is 2. The highest BCUT2D eigenvalue weighted by molar-refractivity contribution is 5.86. The molecule has 38 heavy (non-hydrogen) atoms. The van der Waals surface area contributed by atoms with E-state index in [0.717, 1.165) is 25.5 Å². The van der Waals surface area contributed by atoms with Crippen molar-refractivity contribution in [3.8, 4) is 17.1 Å². The van der Waals surface area contributed by atoms with E-state index in [1.807, 2.05) is 0 Å². The fraction of sp³-hybridized carbons (Fsp3) is 0.292. The van der Waals surface area contributed by atoms with Gasteiger partial charge in [0.2, 0.25) is 0 Å². The van der Waals surface area contributed by atoms with Crippen LogP contribution in [0.1, 0.15) is 31.7 Å². The molecule has 0 aliphatic carbocycles. The first kappa shape index (κ1) is 28.2. The molecule has 9 nitrogen and oxygen atoms in total. The molecule has 0 bridgehead atoms. The highest BCUT2D eigenvalue weighted by atomic mass is 19.4. The first-order valence-electron chi connectivity index (χ1n) is 11.3. The molecule has 3 heterocycles. The van der Waals surface area contributed by atoms with Gasteiger partial charge in [-0.15, -0.1) is 0 Å². The molecular weight excluding hydrogens is 515 g/mol. The second-order valence-electron chi connectivity index (χ2n) is 8.01. The summed E-state index contributed by atoms with van der Waals surface area (Å²) >= 11 is 0. The molecule has 0 spiro atoms. The van der Waals surface area contributed by atoms with Crippen LogP contribution in [0.4, 0.5) is 27.6 Å². The summed E-state index contributed by atoms with van der Waals surface area (Å²) in [5.74, 6) is -1.88. The lowest BCUT2D eigenvalue weighted by atomic mass is 10.1. The van der Waals surface area contributed by atoms with E-state index < -0.39 is 40.2 Å². The molecule has 4 rings (SSSR count). The van der Waals surface area contributed by atoms with Crippen molar-refractivity contribution < 1.29 is 26.7 Å². The SMILES string of the molecule is CCCCCn1ccc2cc(-c3ncc(OC)cn3)c(F)c(F)c2c1=O.Nc1cn[nH]c(=O)c1C(F)(F)F. The quantitative estimate of drug-likeness (QED) is 0.277. The number of pyridine rings is 1. The summed E-state index contributed by atoms with van der Waals surface area (Å²) in [6, 6.07) is 3.01. The molecule has 0 fully saturated rings. The third-order valence-electron chi connectivity index (χ3n) is 5.42. The number of hydrogen-bond donors (Lipinski definition) is 2. The van der Waals surface area contributed by atoms with Crippen LogP contribution in [0.25, 0.3) is 22.2 Å². The highest BCUT2D eigenvalue weighted by Crippen LogP contribution is 2.30. The number of aromatic nitrogens is 5. The van der Waals surface area contributed by atoms with Crippen molar-refractivity contribution in [2.24, 2.45) is 0 Å². The van der Waals surface area contributed by atoms with E-state index in [1.54, 1.807) is 17.4 Å². The van der Waals surface area contributed by atoms with Gasteiger partial charge >= 0.3 is 6.18 Å². The van der Waals surface area contributed by atoms with Crippen LogP contribution >= 0.6 is 0 Å². The minimum Gasteiger partial charge on any atom is -0.494 e. The van der Waals surface area contributed by atoms with E-state index in [2.05, 4.69) is 22.0 Å². The molecule has 0 radical (unpaired) electrons. The van der Waals surface area contributed by atoms with Gasteiger partial charge in [0.1, 0.15) is 5.56 Å². The number of nitrogens with one attached hydrogen (secondary N) is 1. The lowest BCUT2D eigenvalue weighted by molar-refractivity contribution is -0.138. The van der Waals surface area contributed by atoms with Crippen LogP contribution in [-0.4, -0.2) is 31.8 Å². The summed E-state index contributed by atoms with van der Waals surface area (Å²) in [5.41, 5.74) is 0.867. The molecule has 0 aliphatic heterocycles. The predicted octanol–water partition coefficient (Wildman–Crippen LogP) is 4.31. The molecule has 0 amide bonds. The van der Waals surface area contributed by atoms with Gasteiger partial charge in [0.05, 0.1) is 42.3 Å². The standard InChI is InChI=1S/C19H19F2N3O2.C5H4F3N3O/c1-3-4-5-7-24-8-6-12-9-14(16(20)17(21)15(12)19(24)25)18-22-10-13(26-2)11-23-18;6-5(7,8)3-2(9)1-10-11-4(3)12/h6,8-11H,3-5,7H2,1-2H3;1H,(H3,9,11,12). The van der Waals surface area contributed by atoms with Crippen molar-refractivity contribution in [1.29, 1.82) is 0 Å². The number of benzene rings is 1. The molecule has 4 aromatic rings. The third kappa shape index (κ3) is 6.12. The van der Waals surface area contributed by atoms with Crippen LogP contribution in [0.2, 0.25) is 0 Å². The zero-order chi connectivity index (χ0) is 28.0. The molecule has 14 heteroatoms. The molecule has 1 aromatic carbocycles. The van der Waals surface area contributed by atoms with Crippen molar-refractivity contribution >= 4 is 16.5 Å². The summed E-state index contributed by atoms with van der Waals surface area (Å²) in [6.45, 7) is 2.54. The van der Waals surface area contributed by atoms with Crippen LogP contribution in [0.5, 0.6) is 5.75 Å². The van der Waals surface area contributed by atoms with E-state index in [1.165, 1.54) is 30.1 Å². The van der Waals surface area contributed by atoms with Gasteiger partial charge in [-0.3, -0.25) is 9.59 Å². The Morgan fingerprint density at radius 3 is 2.32 bits per heavy atom. The lowest BCUT2D eigenvalue weighted by Crippen LogP contribution is -2.24. The topological polar surface area (TPSA) is 129 Å². The van der Waals surface area contributed by atoms with Gasteiger partial charge in [0, 0.05) is 12.7 Å². The van der Waals surface area contributed by atoms with Crippen molar-refractivity contribution in [2.75, 3.05) is 12.8 Å². The average molecular weight is 538 g/mol. The van der Waals surface area contributed by atoms with Gasteiger partial charge in [0.25, 0.3) is 11.1 Å². The maximum absolute atomic E-state index is 14.7. The summed E-state index contributed by atoms with van der Waals surface area (Å²) in [4.78, 5) is 31.1. The fourth-order valence-corrected chi connectivity index (χ4v) is 3.51. The van der Waals surface area contributed by atoms with E-state index in [9.17, 15) is 31.5 Å². The first-order valence-corrected chi connectivity index (χ1v) is 11.3. The Bertz CT molecular complexity index is 1530. The number of halogens is 5. The number of alkyl halides is 3. The molecule has 0 atom stereocenters. The molecule has 0 aliphatic rings. The molecule has 0 saturated heterocycles. The molecule has 3 N–H and O–H groups in total. The number of rotatable bonds is 6. The second kappa shape index (κ2) is 11.8. The number of methoxy groups -OCH3 is 1. The van der Waals surface area contributed by atoms with Crippen molar-refractivity contribution in [1.82, 2.24) is 24.7 Å². The summed E-state index contributed by atoms with van der Waals surface area (Å²) in [6.07, 6.45) is 3.14. The highest BCUT2D eigenvalue weighted by Gasteiger charge is 2.36.